The number of hydrogen-bond acceptors (Lipinski definition) is 4. The van der Waals surface area contributed by atoms with Gasteiger partial charge in [0.25, 0.3) is 0 Å². The van der Waals surface area contributed by atoms with Crippen molar-refractivity contribution in [2.24, 2.45) is 5.92 Å². The molecule has 2 rings (SSSR count). The van der Waals surface area contributed by atoms with Gasteiger partial charge in [0, 0.05) is 19.2 Å². The molecule has 0 aromatic heterocycles. The Hall–Kier alpha value is -1.13. The maximum atomic E-state index is 6.21. The molecule has 1 aromatic carbocycles. The molecule has 19 heavy (non-hydrogen) atoms. The third-order valence-corrected chi connectivity index (χ3v) is 3.87. The van der Waals surface area contributed by atoms with E-state index in [1.54, 1.807) is 14.2 Å². The quantitative estimate of drug-likeness (QED) is 0.900. The lowest BCUT2D eigenvalue weighted by atomic mass is 10.1. The number of rotatable bonds is 5. The number of nitrogens with zero attached hydrogens (tertiary/aromatic N) is 1. The predicted octanol–water partition coefficient (Wildman–Crippen LogP) is 2.40. The molecular weight excluding hydrogens is 264 g/mol. The van der Waals surface area contributed by atoms with Crippen molar-refractivity contribution in [3.63, 3.8) is 0 Å². The molecule has 1 aromatic rings. The smallest absolute Gasteiger partial charge is 0.145 e. The summed E-state index contributed by atoms with van der Waals surface area (Å²) in [7, 11) is 5.28. The summed E-state index contributed by atoms with van der Waals surface area (Å²) < 4.78 is 10.7. The Bertz CT molecular complexity index is 440. The number of methoxy groups -OCH3 is 2. The Labute approximate surface area is 119 Å². The summed E-state index contributed by atoms with van der Waals surface area (Å²) in [4.78, 5) is 2.33. The van der Waals surface area contributed by atoms with E-state index in [-0.39, 0.29) is 0 Å². The number of anilines is 1. The van der Waals surface area contributed by atoms with Crippen molar-refractivity contribution in [2.75, 3.05) is 45.8 Å². The van der Waals surface area contributed by atoms with Gasteiger partial charge in [0.05, 0.1) is 24.9 Å². The normalized spacial score (nSPS) is 18.7. The van der Waals surface area contributed by atoms with Gasteiger partial charge < -0.3 is 19.7 Å². The second kappa shape index (κ2) is 6.35. The van der Waals surface area contributed by atoms with Gasteiger partial charge in [-0.2, -0.15) is 0 Å². The lowest BCUT2D eigenvalue weighted by Gasteiger charge is -2.22. The van der Waals surface area contributed by atoms with Crippen LogP contribution >= 0.6 is 11.6 Å². The van der Waals surface area contributed by atoms with E-state index in [0.29, 0.717) is 16.7 Å². The van der Waals surface area contributed by atoms with E-state index in [4.69, 9.17) is 21.1 Å². The molecule has 0 bridgehead atoms. The fraction of sp³-hybridized carbons (Fsp3) is 0.571. The van der Waals surface area contributed by atoms with Crippen molar-refractivity contribution in [3.05, 3.63) is 17.2 Å². The molecule has 5 heteroatoms. The van der Waals surface area contributed by atoms with Crippen molar-refractivity contribution >= 4 is 17.3 Å². The van der Waals surface area contributed by atoms with Crippen molar-refractivity contribution in [2.45, 2.75) is 6.42 Å². The Balaban J connectivity index is 2.22. The van der Waals surface area contributed by atoms with Crippen molar-refractivity contribution in [3.8, 4) is 11.5 Å². The molecule has 0 spiro atoms. The fourth-order valence-corrected chi connectivity index (χ4v) is 2.83. The molecule has 0 amide bonds. The Morgan fingerprint density at radius 3 is 2.68 bits per heavy atom. The highest BCUT2D eigenvalue weighted by atomic mass is 35.5. The van der Waals surface area contributed by atoms with E-state index in [9.17, 15) is 0 Å². The van der Waals surface area contributed by atoms with Gasteiger partial charge in [-0.15, -0.1) is 0 Å². The summed E-state index contributed by atoms with van der Waals surface area (Å²) in [5.41, 5.74) is 1.05. The van der Waals surface area contributed by atoms with Crippen LogP contribution in [-0.2, 0) is 0 Å². The number of ether oxygens (including phenoxy) is 2. The van der Waals surface area contributed by atoms with E-state index in [2.05, 4.69) is 10.2 Å². The van der Waals surface area contributed by atoms with Crippen LogP contribution in [0.4, 0.5) is 5.69 Å². The standard InChI is InChI=1S/C14H21ClN2O2/c1-16-8-10-4-5-17(9-10)12-6-11(15)13(18-2)7-14(12)19-3/h6-7,10,16H,4-5,8-9H2,1-3H3. The third kappa shape index (κ3) is 3.07. The molecule has 1 atom stereocenters. The predicted molar refractivity (Wildman–Crippen MR) is 78.8 cm³/mol. The Morgan fingerprint density at radius 2 is 2.05 bits per heavy atom. The molecule has 0 radical (unpaired) electrons. The minimum absolute atomic E-state index is 0.621. The maximum absolute atomic E-state index is 6.21. The SMILES string of the molecule is CNCC1CCN(c2cc(Cl)c(OC)cc2OC)C1. The third-order valence-electron chi connectivity index (χ3n) is 3.57. The zero-order valence-electron chi connectivity index (χ0n) is 11.7. The minimum Gasteiger partial charge on any atom is -0.495 e. The average molecular weight is 285 g/mol. The van der Waals surface area contributed by atoms with E-state index in [1.165, 1.54) is 6.42 Å². The van der Waals surface area contributed by atoms with Gasteiger partial charge in [-0.1, -0.05) is 11.6 Å². The molecular formula is C14H21ClN2O2. The zero-order valence-corrected chi connectivity index (χ0v) is 12.5. The van der Waals surface area contributed by atoms with Crippen LogP contribution in [0.25, 0.3) is 0 Å². The summed E-state index contributed by atoms with van der Waals surface area (Å²) in [5.74, 6) is 2.13. The van der Waals surface area contributed by atoms with Gasteiger partial charge in [0.15, 0.2) is 0 Å². The van der Waals surface area contributed by atoms with Gasteiger partial charge in [-0.3, -0.25) is 0 Å². The fourth-order valence-electron chi connectivity index (χ4n) is 2.60. The number of benzene rings is 1. The summed E-state index contributed by atoms with van der Waals surface area (Å²) in [6, 6.07) is 3.78. The first-order chi connectivity index (χ1) is 9.19. The van der Waals surface area contributed by atoms with E-state index < -0.39 is 0 Å². The van der Waals surface area contributed by atoms with Gasteiger partial charge in [0.2, 0.25) is 0 Å². The van der Waals surface area contributed by atoms with Crippen LogP contribution in [-0.4, -0.2) is 40.9 Å². The highest BCUT2D eigenvalue weighted by Crippen LogP contribution is 2.39. The van der Waals surface area contributed by atoms with E-state index in [0.717, 1.165) is 31.1 Å². The highest BCUT2D eigenvalue weighted by molar-refractivity contribution is 6.32. The average Bonchev–Trinajstić information content (AvgIpc) is 2.87. The molecule has 1 fully saturated rings. The summed E-state index contributed by atoms with van der Waals surface area (Å²) in [6.07, 6.45) is 1.19. The first-order valence-electron chi connectivity index (χ1n) is 6.50. The Morgan fingerprint density at radius 1 is 1.32 bits per heavy atom. The Kier molecular flexibility index (Phi) is 4.77. The molecule has 1 N–H and O–H groups in total. The van der Waals surface area contributed by atoms with Crippen LogP contribution in [0.5, 0.6) is 11.5 Å². The van der Waals surface area contributed by atoms with Crippen LogP contribution in [0.3, 0.4) is 0 Å². The topological polar surface area (TPSA) is 33.7 Å². The van der Waals surface area contributed by atoms with Gasteiger partial charge >= 0.3 is 0 Å². The molecule has 0 aliphatic carbocycles. The molecule has 1 aliphatic heterocycles. The molecule has 1 unspecified atom stereocenters. The summed E-state index contributed by atoms with van der Waals surface area (Å²) >= 11 is 6.21. The molecule has 0 saturated carbocycles. The summed E-state index contributed by atoms with van der Waals surface area (Å²) in [5, 5.41) is 3.86. The molecule has 4 nitrogen and oxygen atoms in total. The van der Waals surface area contributed by atoms with Gasteiger partial charge in [-0.25, -0.2) is 0 Å². The van der Waals surface area contributed by atoms with Crippen molar-refractivity contribution in [1.82, 2.24) is 5.32 Å². The molecule has 1 saturated heterocycles. The molecule has 1 aliphatic rings. The first kappa shape index (κ1) is 14.3. The van der Waals surface area contributed by atoms with Crippen LogP contribution in [0.2, 0.25) is 5.02 Å². The number of nitrogens with one attached hydrogen (secondary N) is 1. The second-order valence-electron chi connectivity index (χ2n) is 4.82. The monoisotopic (exact) mass is 284 g/mol. The number of hydrogen-bond donors (Lipinski definition) is 1. The van der Waals surface area contributed by atoms with E-state index >= 15 is 0 Å². The first-order valence-corrected chi connectivity index (χ1v) is 6.88. The number of halogens is 1. The lowest BCUT2D eigenvalue weighted by Crippen LogP contribution is -2.24. The van der Waals surface area contributed by atoms with E-state index in [1.807, 2.05) is 19.2 Å². The van der Waals surface area contributed by atoms with Crippen LogP contribution < -0.4 is 19.7 Å². The molecule has 106 valence electrons. The summed E-state index contributed by atoms with van der Waals surface area (Å²) in [6.45, 7) is 3.11. The minimum atomic E-state index is 0.621. The lowest BCUT2D eigenvalue weighted by molar-refractivity contribution is 0.394. The van der Waals surface area contributed by atoms with Gasteiger partial charge in [0.1, 0.15) is 11.5 Å². The zero-order chi connectivity index (χ0) is 13.8. The van der Waals surface area contributed by atoms with Gasteiger partial charge in [-0.05, 0) is 32.0 Å². The van der Waals surface area contributed by atoms with Crippen molar-refractivity contribution < 1.29 is 9.47 Å². The second-order valence-corrected chi connectivity index (χ2v) is 5.22. The largest absolute Gasteiger partial charge is 0.495 e. The maximum Gasteiger partial charge on any atom is 0.145 e. The van der Waals surface area contributed by atoms with Crippen LogP contribution in [0.1, 0.15) is 6.42 Å². The molecule has 1 heterocycles. The van der Waals surface area contributed by atoms with Crippen molar-refractivity contribution in [1.29, 1.82) is 0 Å². The van der Waals surface area contributed by atoms with Crippen LogP contribution in [0, 0.1) is 5.92 Å². The van der Waals surface area contributed by atoms with Crippen LogP contribution in [0.15, 0.2) is 12.1 Å². The highest BCUT2D eigenvalue weighted by Gasteiger charge is 2.25.